The molecule has 2 fully saturated rings. The number of carbonyl (C=O) groups is 3. The van der Waals surface area contributed by atoms with Crippen LogP contribution in [0.3, 0.4) is 0 Å². The van der Waals surface area contributed by atoms with Gasteiger partial charge in [0.1, 0.15) is 5.75 Å². The number of aliphatic hydroxyl groups is 1. The molecule has 4 aliphatic rings. The molecule has 1 saturated carbocycles. The number of ether oxygens (including phenoxy) is 4. The first kappa shape index (κ1) is 29.9. The zero-order chi connectivity index (χ0) is 31.4. The lowest BCUT2D eigenvalue weighted by atomic mass is 9.48. The van der Waals surface area contributed by atoms with Crippen LogP contribution in [-0.2, 0) is 34.0 Å². The molecule has 2 N–H and O–H groups in total. The number of hydrogen-bond acceptors (Lipinski definition) is 10. The fraction of sp³-hybridized carbons (Fsp3) is 0.441. The number of esters is 3. The minimum absolute atomic E-state index is 0.232. The van der Waals surface area contributed by atoms with E-state index in [0.717, 1.165) is 11.1 Å². The van der Waals surface area contributed by atoms with Gasteiger partial charge in [0.25, 0.3) is 0 Å². The van der Waals surface area contributed by atoms with Gasteiger partial charge < -0.3 is 29.4 Å². The molecule has 6 atom stereocenters. The van der Waals surface area contributed by atoms with E-state index in [1.807, 2.05) is 61.5 Å². The van der Waals surface area contributed by atoms with Crippen LogP contribution in [0, 0.1) is 5.41 Å². The van der Waals surface area contributed by atoms with Crippen molar-refractivity contribution in [2.75, 3.05) is 39.7 Å². The molecule has 3 heterocycles. The van der Waals surface area contributed by atoms with E-state index in [2.05, 4.69) is 10.2 Å². The van der Waals surface area contributed by atoms with Crippen LogP contribution in [-0.4, -0.2) is 86.1 Å². The summed E-state index contributed by atoms with van der Waals surface area (Å²) >= 11 is 0. The van der Waals surface area contributed by atoms with Gasteiger partial charge in [-0.05, 0) is 42.2 Å². The minimum atomic E-state index is -2.23. The summed E-state index contributed by atoms with van der Waals surface area (Å²) in [6, 6.07) is 12.2. The van der Waals surface area contributed by atoms with Crippen LogP contribution in [0.25, 0.3) is 5.57 Å². The minimum Gasteiger partial charge on any atom is -0.496 e. The summed E-state index contributed by atoms with van der Waals surface area (Å²) in [5, 5.41) is 16.2. The molecule has 44 heavy (non-hydrogen) atoms. The Morgan fingerprint density at radius 2 is 1.86 bits per heavy atom. The molecule has 0 bridgehead atoms. The van der Waals surface area contributed by atoms with Crippen LogP contribution in [0.1, 0.15) is 43.4 Å². The third-order valence-electron chi connectivity index (χ3n) is 10.2. The van der Waals surface area contributed by atoms with Crippen molar-refractivity contribution in [1.82, 2.24) is 4.90 Å². The Morgan fingerprint density at radius 3 is 2.50 bits per heavy atom. The van der Waals surface area contributed by atoms with E-state index in [4.69, 9.17) is 18.9 Å². The maximum atomic E-state index is 13.8. The molecule has 0 radical (unpaired) electrons. The number of hydrogen-bond donors (Lipinski definition) is 2. The molecule has 1 spiro atoms. The van der Waals surface area contributed by atoms with Crippen molar-refractivity contribution in [2.24, 2.45) is 5.41 Å². The third-order valence-corrected chi connectivity index (χ3v) is 10.2. The molecule has 0 amide bonds. The normalized spacial score (nSPS) is 31.7. The van der Waals surface area contributed by atoms with Gasteiger partial charge >= 0.3 is 17.9 Å². The molecule has 3 aliphatic heterocycles. The van der Waals surface area contributed by atoms with Gasteiger partial charge in [-0.15, -0.1) is 0 Å². The summed E-state index contributed by atoms with van der Waals surface area (Å²) in [6.07, 6.45) is 5.39. The number of fused-ring (bicyclic) bond motifs is 1. The molecule has 10 heteroatoms. The first-order valence-corrected chi connectivity index (χ1v) is 14.9. The molecular formula is C34H38N2O8. The van der Waals surface area contributed by atoms with Crippen molar-refractivity contribution >= 4 is 29.2 Å². The van der Waals surface area contributed by atoms with Crippen LogP contribution in [0.2, 0.25) is 0 Å². The maximum Gasteiger partial charge on any atom is 0.344 e. The van der Waals surface area contributed by atoms with E-state index in [9.17, 15) is 19.5 Å². The van der Waals surface area contributed by atoms with E-state index in [1.54, 1.807) is 7.11 Å². The lowest BCUT2D eigenvalue weighted by Crippen LogP contribution is -2.80. The lowest BCUT2D eigenvalue weighted by molar-refractivity contribution is -0.226. The van der Waals surface area contributed by atoms with E-state index < -0.39 is 46.5 Å². The molecule has 1 aliphatic carbocycles. The molecule has 1 saturated heterocycles. The molecule has 10 nitrogen and oxygen atoms in total. The van der Waals surface area contributed by atoms with Crippen molar-refractivity contribution in [2.45, 2.75) is 55.9 Å². The third kappa shape index (κ3) is 3.97. The molecule has 2 aromatic rings. The number of nitrogens with zero attached hydrogens (tertiary/aromatic N) is 1. The van der Waals surface area contributed by atoms with Crippen molar-refractivity contribution in [3.8, 4) is 5.75 Å². The Kier molecular flexibility index (Phi) is 7.33. The summed E-state index contributed by atoms with van der Waals surface area (Å²) in [7, 11) is 4.12. The Morgan fingerprint density at radius 1 is 1.11 bits per heavy atom. The number of benzene rings is 2. The topological polar surface area (TPSA) is 124 Å². The van der Waals surface area contributed by atoms with Crippen LogP contribution in [0.15, 0.2) is 60.7 Å². The summed E-state index contributed by atoms with van der Waals surface area (Å²) in [6.45, 7) is 4.65. The predicted molar refractivity (Wildman–Crippen MR) is 162 cm³/mol. The van der Waals surface area contributed by atoms with Gasteiger partial charge in [-0.1, -0.05) is 49.4 Å². The van der Waals surface area contributed by atoms with Gasteiger partial charge in [0.15, 0.2) is 6.10 Å². The fourth-order valence-corrected chi connectivity index (χ4v) is 8.58. The Hall–Kier alpha value is -4.15. The first-order chi connectivity index (χ1) is 21.1. The Bertz CT molecular complexity index is 1570. The second kappa shape index (κ2) is 10.8. The van der Waals surface area contributed by atoms with Crippen LogP contribution < -0.4 is 10.1 Å². The fourth-order valence-electron chi connectivity index (χ4n) is 8.58. The maximum absolute atomic E-state index is 13.8. The lowest BCUT2D eigenvalue weighted by Gasteiger charge is -2.62. The standard InChI is InChI=1S/C34H38N2O8/c1-6-32-13-10-15-36-16-14-33(29(32)36)24-17-23(22(18-27(38)42-4)21-11-8-7-9-12-21)26(41-3)19-25(24)35-28(33)34(40,31(39)43-5)30(32)44-20(2)37/h7-13,17-19,28-30,35,40H,6,14-16H2,1-5H3/b22-18+/t28?,29-,30+,32+,33-,34-/m0/s1. The molecule has 1 unspecified atom stereocenters. The van der Waals surface area contributed by atoms with Crippen molar-refractivity contribution in [3.63, 3.8) is 0 Å². The summed E-state index contributed by atoms with van der Waals surface area (Å²) in [5.41, 5.74) is -0.317. The summed E-state index contributed by atoms with van der Waals surface area (Å²) in [5.74, 6) is -1.50. The number of carbonyl (C=O) groups excluding carboxylic acids is 3. The van der Waals surface area contributed by atoms with Crippen LogP contribution >= 0.6 is 0 Å². The summed E-state index contributed by atoms with van der Waals surface area (Å²) < 4.78 is 22.1. The van der Waals surface area contributed by atoms with Crippen molar-refractivity contribution < 1.29 is 38.4 Å². The van der Waals surface area contributed by atoms with Crippen LogP contribution in [0.4, 0.5) is 5.69 Å². The average Bonchev–Trinajstić information content (AvgIpc) is 3.60. The summed E-state index contributed by atoms with van der Waals surface area (Å²) in [4.78, 5) is 41.4. The number of rotatable bonds is 7. The van der Waals surface area contributed by atoms with E-state index >= 15 is 0 Å². The predicted octanol–water partition coefficient (Wildman–Crippen LogP) is 3.22. The molecule has 2 aromatic carbocycles. The highest BCUT2D eigenvalue weighted by molar-refractivity contribution is 5.98. The first-order valence-electron chi connectivity index (χ1n) is 14.9. The SMILES string of the molecule is CC[C@]12C=CCN3CC[C@@]4(c5cc(/C(=C/C(=O)OC)c6ccccc6)c(OC)cc5NC4[C@@](O)(C(=O)OC)[C@@H]1OC(C)=O)[C@@H]32. The average molecular weight is 603 g/mol. The Balaban J connectivity index is 1.65. The van der Waals surface area contributed by atoms with E-state index in [-0.39, 0.29) is 6.04 Å². The zero-order valence-corrected chi connectivity index (χ0v) is 25.6. The quantitative estimate of drug-likeness (QED) is 0.211. The molecule has 0 aromatic heterocycles. The highest BCUT2D eigenvalue weighted by atomic mass is 16.6. The van der Waals surface area contributed by atoms with Crippen molar-refractivity contribution in [1.29, 1.82) is 0 Å². The molecule has 232 valence electrons. The largest absolute Gasteiger partial charge is 0.496 e. The smallest absolute Gasteiger partial charge is 0.344 e. The second-order valence-corrected chi connectivity index (χ2v) is 12.0. The number of methoxy groups -OCH3 is 3. The Labute approximate surface area is 256 Å². The van der Waals surface area contributed by atoms with Crippen LogP contribution in [0.5, 0.6) is 5.75 Å². The second-order valence-electron chi connectivity index (χ2n) is 12.0. The zero-order valence-electron chi connectivity index (χ0n) is 25.6. The van der Waals surface area contributed by atoms with Gasteiger partial charge in [0.05, 0.1) is 27.4 Å². The molecular weight excluding hydrogens is 564 g/mol. The monoisotopic (exact) mass is 602 g/mol. The van der Waals surface area contributed by atoms with Crippen molar-refractivity contribution in [3.05, 3.63) is 77.4 Å². The van der Waals surface area contributed by atoms with E-state index in [0.29, 0.717) is 48.5 Å². The van der Waals surface area contributed by atoms with Gasteiger partial charge in [-0.3, -0.25) is 9.69 Å². The highest BCUT2D eigenvalue weighted by Gasteiger charge is 2.79. The van der Waals surface area contributed by atoms with Gasteiger partial charge in [0.2, 0.25) is 5.60 Å². The van der Waals surface area contributed by atoms with E-state index in [1.165, 1.54) is 27.2 Å². The number of nitrogens with one attached hydrogen (secondary N) is 1. The molecule has 6 rings (SSSR count). The number of anilines is 1. The van der Waals surface area contributed by atoms with Gasteiger partial charge in [-0.2, -0.15) is 0 Å². The van der Waals surface area contributed by atoms with Gasteiger partial charge in [-0.25, -0.2) is 9.59 Å². The highest BCUT2D eigenvalue weighted by Crippen LogP contribution is 2.66. The van der Waals surface area contributed by atoms with Gasteiger partial charge in [0, 0.05) is 53.7 Å².